The number of aliphatic hydroxyl groups excluding tert-OH is 1. The van der Waals surface area contributed by atoms with E-state index in [9.17, 15) is 4.79 Å². The number of ether oxygens (including phenoxy) is 1. The van der Waals surface area contributed by atoms with Crippen LogP contribution in [0.5, 0.6) is 0 Å². The molecule has 5 nitrogen and oxygen atoms in total. The van der Waals surface area contributed by atoms with Crippen LogP contribution in [0, 0.1) is 5.41 Å². The molecule has 22 heavy (non-hydrogen) atoms. The van der Waals surface area contributed by atoms with Crippen molar-refractivity contribution in [2.24, 2.45) is 5.41 Å². The highest BCUT2D eigenvalue weighted by Crippen LogP contribution is 2.47. The van der Waals surface area contributed by atoms with E-state index < -0.39 is 5.60 Å². The van der Waals surface area contributed by atoms with Gasteiger partial charge in [-0.1, -0.05) is 0 Å². The van der Waals surface area contributed by atoms with Crippen LogP contribution in [0.3, 0.4) is 0 Å². The van der Waals surface area contributed by atoms with E-state index in [0.29, 0.717) is 12.0 Å². The Balaban J connectivity index is 2.44. The third kappa shape index (κ3) is 6.53. The van der Waals surface area contributed by atoms with Crippen LogP contribution >= 0.6 is 0 Å². The number of aliphatic hydroxyl groups is 1. The summed E-state index contributed by atoms with van der Waals surface area (Å²) in [6.07, 6.45) is 2.98. The predicted molar refractivity (Wildman–Crippen MR) is 88.9 cm³/mol. The maximum absolute atomic E-state index is 12.4. The van der Waals surface area contributed by atoms with E-state index in [-0.39, 0.29) is 18.2 Å². The molecule has 0 atom stereocenters. The lowest BCUT2D eigenvalue weighted by atomic mass is 10.0. The summed E-state index contributed by atoms with van der Waals surface area (Å²) in [6, 6.07) is 0. The summed E-state index contributed by atoms with van der Waals surface area (Å²) in [5.41, 5.74) is -0.452. The second-order valence-corrected chi connectivity index (χ2v) is 8.45. The lowest BCUT2D eigenvalue weighted by Gasteiger charge is -2.37. The Morgan fingerprint density at radius 2 is 1.82 bits per heavy atom. The average molecular weight is 314 g/mol. The normalized spacial score (nSPS) is 17.2. The summed E-state index contributed by atoms with van der Waals surface area (Å²) in [4.78, 5) is 14.1. The quantitative estimate of drug-likeness (QED) is 0.709. The Morgan fingerprint density at radius 3 is 2.23 bits per heavy atom. The van der Waals surface area contributed by atoms with Gasteiger partial charge in [-0.2, -0.15) is 0 Å². The smallest absolute Gasteiger partial charge is 0.410 e. The van der Waals surface area contributed by atoms with Crippen molar-refractivity contribution in [2.45, 2.75) is 71.9 Å². The van der Waals surface area contributed by atoms with E-state index >= 15 is 0 Å². The van der Waals surface area contributed by atoms with Crippen LogP contribution in [0.1, 0.15) is 60.8 Å². The number of amides is 1. The fourth-order valence-corrected chi connectivity index (χ4v) is 2.49. The zero-order valence-electron chi connectivity index (χ0n) is 15.2. The van der Waals surface area contributed by atoms with Gasteiger partial charge in [0.1, 0.15) is 5.60 Å². The highest BCUT2D eigenvalue weighted by Gasteiger charge is 2.41. The van der Waals surface area contributed by atoms with Crippen molar-refractivity contribution in [2.75, 3.05) is 26.2 Å². The first-order valence-electron chi connectivity index (χ1n) is 8.31. The lowest BCUT2D eigenvalue weighted by molar-refractivity contribution is 0.00659. The summed E-state index contributed by atoms with van der Waals surface area (Å²) in [5, 5.41) is 12.5. The summed E-state index contributed by atoms with van der Waals surface area (Å²) in [5.74, 6) is 0. The molecule has 0 heterocycles. The molecule has 0 aliphatic heterocycles. The standard InChI is InChI=1S/C17H34N2O3/c1-15(2,3)19(14(21)22-16(4,5)6)11-10-18-13-17(7-8-17)9-12-20/h18,20H,7-13H2,1-6H3. The van der Waals surface area contributed by atoms with Crippen LogP contribution < -0.4 is 5.32 Å². The van der Waals surface area contributed by atoms with Crippen LogP contribution in [-0.4, -0.2) is 53.5 Å². The molecular weight excluding hydrogens is 280 g/mol. The monoisotopic (exact) mass is 314 g/mol. The summed E-state index contributed by atoms with van der Waals surface area (Å²) >= 11 is 0. The van der Waals surface area contributed by atoms with E-state index in [0.717, 1.165) is 19.5 Å². The maximum Gasteiger partial charge on any atom is 0.410 e. The molecule has 5 heteroatoms. The number of hydrogen-bond acceptors (Lipinski definition) is 4. The van der Waals surface area contributed by atoms with Gasteiger partial charge in [-0.05, 0) is 66.2 Å². The molecule has 1 aliphatic rings. The Morgan fingerprint density at radius 1 is 1.23 bits per heavy atom. The predicted octanol–water partition coefficient (Wildman–Crippen LogP) is 2.77. The van der Waals surface area contributed by atoms with Gasteiger partial charge in [-0.15, -0.1) is 0 Å². The zero-order chi connectivity index (χ0) is 17.0. The summed E-state index contributed by atoms with van der Waals surface area (Å²) in [6.45, 7) is 14.2. The molecule has 1 aliphatic carbocycles. The molecule has 0 unspecified atom stereocenters. The number of rotatable bonds is 7. The van der Waals surface area contributed by atoms with Crippen LogP contribution in [0.4, 0.5) is 4.79 Å². The molecular formula is C17H34N2O3. The van der Waals surface area contributed by atoms with Crippen LogP contribution in [-0.2, 0) is 4.74 Å². The Labute approximate surface area is 135 Å². The van der Waals surface area contributed by atoms with Gasteiger partial charge in [0.25, 0.3) is 0 Å². The minimum Gasteiger partial charge on any atom is -0.444 e. The minimum atomic E-state index is -0.479. The van der Waals surface area contributed by atoms with Crippen molar-refractivity contribution in [3.8, 4) is 0 Å². The number of carbonyl (C=O) groups is 1. The number of hydrogen-bond donors (Lipinski definition) is 2. The number of nitrogens with zero attached hydrogens (tertiary/aromatic N) is 1. The van der Waals surface area contributed by atoms with Crippen molar-refractivity contribution >= 4 is 6.09 Å². The van der Waals surface area contributed by atoms with E-state index in [1.54, 1.807) is 4.90 Å². The van der Waals surface area contributed by atoms with Gasteiger partial charge >= 0.3 is 6.09 Å². The molecule has 0 aromatic heterocycles. The van der Waals surface area contributed by atoms with E-state index in [2.05, 4.69) is 5.32 Å². The third-order valence-corrected chi connectivity index (χ3v) is 4.04. The van der Waals surface area contributed by atoms with E-state index in [4.69, 9.17) is 9.84 Å². The fraction of sp³-hybridized carbons (Fsp3) is 0.941. The molecule has 0 spiro atoms. The Bertz CT molecular complexity index is 365. The molecule has 1 rings (SSSR count). The molecule has 0 aromatic carbocycles. The molecule has 0 saturated heterocycles. The zero-order valence-corrected chi connectivity index (χ0v) is 15.2. The first-order valence-corrected chi connectivity index (χ1v) is 8.31. The lowest BCUT2D eigenvalue weighted by Crippen LogP contribution is -2.50. The SMILES string of the molecule is CC(C)(C)OC(=O)N(CCNCC1(CCO)CC1)C(C)(C)C. The third-order valence-electron chi connectivity index (χ3n) is 4.04. The summed E-state index contributed by atoms with van der Waals surface area (Å²) in [7, 11) is 0. The van der Waals surface area contributed by atoms with Crippen molar-refractivity contribution in [3.05, 3.63) is 0 Å². The molecule has 0 aromatic rings. The first-order chi connectivity index (χ1) is 9.99. The van der Waals surface area contributed by atoms with Crippen molar-refractivity contribution in [3.63, 3.8) is 0 Å². The van der Waals surface area contributed by atoms with Gasteiger partial charge in [0.2, 0.25) is 0 Å². The first kappa shape index (κ1) is 19.2. The van der Waals surface area contributed by atoms with Gasteiger partial charge in [0.15, 0.2) is 0 Å². The second kappa shape index (κ2) is 7.18. The van der Waals surface area contributed by atoms with Crippen molar-refractivity contribution in [1.29, 1.82) is 0 Å². The van der Waals surface area contributed by atoms with Crippen molar-refractivity contribution < 1.29 is 14.6 Å². The molecule has 130 valence electrons. The molecule has 2 N–H and O–H groups in total. The molecule has 1 saturated carbocycles. The minimum absolute atomic E-state index is 0.258. The van der Waals surface area contributed by atoms with Gasteiger partial charge in [0.05, 0.1) is 0 Å². The van der Waals surface area contributed by atoms with Crippen LogP contribution in [0.2, 0.25) is 0 Å². The highest BCUT2D eigenvalue weighted by atomic mass is 16.6. The fourth-order valence-electron chi connectivity index (χ4n) is 2.49. The van der Waals surface area contributed by atoms with Crippen LogP contribution in [0.25, 0.3) is 0 Å². The van der Waals surface area contributed by atoms with E-state index in [1.165, 1.54) is 12.8 Å². The number of carbonyl (C=O) groups excluding carboxylic acids is 1. The largest absolute Gasteiger partial charge is 0.444 e. The highest BCUT2D eigenvalue weighted by molar-refractivity contribution is 5.69. The second-order valence-electron chi connectivity index (χ2n) is 8.45. The van der Waals surface area contributed by atoms with E-state index in [1.807, 2.05) is 41.5 Å². The Kier molecular flexibility index (Phi) is 6.27. The topological polar surface area (TPSA) is 61.8 Å². The molecule has 0 radical (unpaired) electrons. The van der Waals surface area contributed by atoms with Gasteiger partial charge in [-0.3, -0.25) is 0 Å². The molecule has 0 bridgehead atoms. The molecule has 1 amide bonds. The van der Waals surface area contributed by atoms with Gasteiger partial charge in [0, 0.05) is 31.8 Å². The van der Waals surface area contributed by atoms with Gasteiger partial charge in [-0.25, -0.2) is 4.79 Å². The Hall–Kier alpha value is -0.810. The molecule has 1 fully saturated rings. The summed E-state index contributed by atoms with van der Waals surface area (Å²) < 4.78 is 5.50. The average Bonchev–Trinajstić information content (AvgIpc) is 3.05. The maximum atomic E-state index is 12.4. The van der Waals surface area contributed by atoms with Crippen molar-refractivity contribution in [1.82, 2.24) is 10.2 Å². The van der Waals surface area contributed by atoms with Crippen LogP contribution in [0.15, 0.2) is 0 Å². The number of nitrogens with one attached hydrogen (secondary N) is 1. The van der Waals surface area contributed by atoms with Gasteiger partial charge < -0.3 is 20.1 Å².